The quantitative estimate of drug-likeness (QED) is 0.334. The summed E-state index contributed by atoms with van der Waals surface area (Å²) >= 11 is 0. The fraction of sp³-hybridized carbons (Fsp3) is 0. The zero-order valence-corrected chi connectivity index (χ0v) is 17.1. The van der Waals surface area contributed by atoms with E-state index < -0.39 is 0 Å². The number of nitrogens with zero attached hydrogens (tertiary/aromatic N) is 4. The van der Waals surface area contributed by atoms with E-state index >= 15 is 0 Å². The normalized spacial score (nSPS) is 11.1. The van der Waals surface area contributed by atoms with Crippen LogP contribution in [0.2, 0.25) is 0 Å². The maximum atomic E-state index is 6.10. The van der Waals surface area contributed by atoms with Crippen LogP contribution in [0.4, 0.5) is 0 Å². The van der Waals surface area contributed by atoms with Crippen molar-refractivity contribution in [2.24, 2.45) is 0 Å². The van der Waals surface area contributed by atoms with Gasteiger partial charge in [0.05, 0.1) is 22.3 Å². The molecule has 2 aromatic heterocycles. The zero-order chi connectivity index (χ0) is 21.3. The molecule has 2 heterocycles. The van der Waals surface area contributed by atoms with Gasteiger partial charge in [-0.25, -0.2) is 4.98 Å². The van der Waals surface area contributed by atoms with E-state index in [9.17, 15) is 0 Å². The molecule has 4 aromatic carbocycles. The molecule has 0 amide bonds. The smallest absolute Gasteiger partial charge is 0.250 e. The van der Waals surface area contributed by atoms with Gasteiger partial charge in [-0.1, -0.05) is 72.8 Å². The second-order valence-corrected chi connectivity index (χ2v) is 7.42. The Morgan fingerprint density at radius 2 is 1.19 bits per heavy atom. The van der Waals surface area contributed by atoms with E-state index in [0.717, 1.165) is 39.2 Å². The maximum absolute atomic E-state index is 6.10. The van der Waals surface area contributed by atoms with Crippen molar-refractivity contribution in [2.45, 2.75) is 0 Å². The number of rotatable bonds is 4. The van der Waals surface area contributed by atoms with Crippen molar-refractivity contribution in [1.82, 2.24) is 19.7 Å². The van der Waals surface area contributed by atoms with Crippen LogP contribution >= 0.6 is 0 Å². The van der Waals surface area contributed by atoms with Crippen LogP contribution in [0.5, 0.6) is 0 Å². The first kappa shape index (κ1) is 18.3. The highest BCUT2D eigenvalue weighted by atomic mass is 16.4. The van der Waals surface area contributed by atoms with Crippen LogP contribution in [0.25, 0.3) is 51.0 Å². The van der Waals surface area contributed by atoms with Gasteiger partial charge in [-0.05, 0) is 36.4 Å². The van der Waals surface area contributed by atoms with Crippen LogP contribution in [-0.2, 0) is 0 Å². The summed E-state index contributed by atoms with van der Waals surface area (Å²) in [7, 11) is 0. The SMILES string of the molecule is c1ccc(-c2nnc(-c3ccccc3-n3c(-c4ccccc4)nc4ccccc43)o2)cc1. The highest BCUT2D eigenvalue weighted by Crippen LogP contribution is 2.34. The predicted molar refractivity (Wildman–Crippen MR) is 125 cm³/mol. The molecule has 0 radical (unpaired) electrons. The Labute approximate surface area is 184 Å². The van der Waals surface area contributed by atoms with Gasteiger partial charge in [0.2, 0.25) is 11.8 Å². The zero-order valence-electron chi connectivity index (χ0n) is 17.1. The Morgan fingerprint density at radius 3 is 2.00 bits per heavy atom. The highest BCUT2D eigenvalue weighted by Gasteiger charge is 2.20. The lowest BCUT2D eigenvalue weighted by Crippen LogP contribution is -2.00. The topological polar surface area (TPSA) is 56.7 Å². The summed E-state index contributed by atoms with van der Waals surface area (Å²) in [6.45, 7) is 0. The number of aromatic nitrogens is 4. The average molecular weight is 414 g/mol. The first-order valence-corrected chi connectivity index (χ1v) is 10.4. The molecule has 0 spiro atoms. The van der Waals surface area contributed by atoms with Gasteiger partial charge in [-0.15, -0.1) is 10.2 Å². The summed E-state index contributed by atoms with van der Waals surface area (Å²) in [5.41, 5.74) is 5.65. The number of hydrogen-bond donors (Lipinski definition) is 0. The first-order valence-electron chi connectivity index (χ1n) is 10.4. The Kier molecular flexibility index (Phi) is 4.36. The Balaban J connectivity index is 1.57. The number of benzene rings is 4. The average Bonchev–Trinajstić information content (AvgIpc) is 3.51. The van der Waals surface area contributed by atoms with Gasteiger partial charge >= 0.3 is 0 Å². The number of fused-ring (bicyclic) bond motifs is 1. The summed E-state index contributed by atoms with van der Waals surface area (Å²) in [4.78, 5) is 4.94. The molecule has 0 fully saturated rings. The summed E-state index contributed by atoms with van der Waals surface area (Å²) in [6.07, 6.45) is 0. The van der Waals surface area contributed by atoms with E-state index in [0.29, 0.717) is 11.8 Å². The van der Waals surface area contributed by atoms with Crippen molar-refractivity contribution in [3.8, 4) is 40.0 Å². The third-order valence-electron chi connectivity index (χ3n) is 5.41. The lowest BCUT2D eigenvalue weighted by atomic mass is 10.1. The molecule has 6 aromatic rings. The molecule has 0 aliphatic rings. The molecule has 0 N–H and O–H groups in total. The Morgan fingerprint density at radius 1 is 0.562 bits per heavy atom. The van der Waals surface area contributed by atoms with E-state index in [1.54, 1.807) is 0 Å². The van der Waals surface area contributed by atoms with Crippen LogP contribution in [0, 0.1) is 0 Å². The van der Waals surface area contributed by atoms with Gasteiger partial charge in [-0.2, -0.15) is 0 Å². The molecular weight excluding hydrogens is 396 g/mol. The second kappa shape index (κ2) is 7.63. The Bertz CT molecular complexity index is 1520. The van der Waals surface area contributed by atoms with Gasteiger partial charge in [0, 0.05) is 11.1 Å². The minimum Gasteiger partial charge on any atom is -0.416 e. The van der Waals surface area contributed by atoms with Crippen LogP contribution in [0.1, 0.15) is 0 Å². The van der Waals surface area contributed by atoms with E-state index in [4.69, 9.17) is 9.40 Å². The lowest BCUT2D eigenvalue weighted by Gasteiger charge is -2.12. The largest absolute Gasteiger partial charge is 0.416 e. The number of para-hydroxylation sites is 3. The van der Waals surface area contributed by atoms with E-state index in [2.05, 4.69) is 39.0 Å². The number of imidazole rings is 1. The van der Waals surface area contributed by atoms with E-state index in [1.807, 2.05) is 84.9 Å². The second-order valence-electron chi connectivity index (χ2n) is 7.42. The summed E-state index contributed by atoms with van der Waals surface area (Å²) in [6, 6.07) is 36.2. The van der Waals surface area contributed by atoms with Crippen molar-refractivity contribution < 1.29 is 4.42 Å². The van der Waals surface area contributed by atoms with Gasteiger partial charge < -0.3 is 4.42 Å². The van der Waals surface area contributed by atoms with Gasteiger partial charge in [0.1, 0.15) is 5.82 Å². The molecule has 5 nitrogen and oxygen atoms in total. The molecule has 0 aliphatic heterocycles. The molecule has 32 heavy (non-hydrogen) atoms. The minimum absolute atomic E-state index is 0.469. The molecule has 0 bridgehead atoms. The molecule has 0 unspecified atom stereocenters. The fourth-order valence-electron chi connectivity index (χ4n) is 3.93. The molecule has 0 atom stereocenters. The monoisotopic (exact) mass is 414 g/mol. The lowest BCUT2D eigenvalue weighted by molar-refractivity contribution is 0.584. The summed E-state index contributed by atoms with van der Waals surface area (Å²) < 4.78 is 8.26. The molecule has 0 saturated carbocycles. The molecule has 5 heteroatoms. The third-order valence-corrected chi connectivity index (χ3v) is 5.41. The fourth-order valence-corrected chi connectivity index (χ4v) is 3.93. The van der Waals surface area contributed by atoms with Gasteiger partial charge in [0.15, 0.2) is 0 Å². The predicted octanol–water partition coefficient (Wildman–Crippen LogP) is 6.41. The highest BCUT2D eigenvalue weighted by molar-refractivity contribution is 5.85. The molecule has 152 valence electrons. The first-order chi connectivity index (χ1) is 15.9. The van der Waals surface area contributed by atoms with Crippen LogP contribution < -0.4 is 0 Å². The van der Waals surface area contributed by atoms with Gasteiger partial charge in [0.25, 0.3) is 0 Å². The van der Waals surface area contributed by atoms with Gasteiger partial charge in [-0.3, -0.25) is 4.57 Å². The van der Waals surface area contributed by atoms with Crippen LogP contribution in [0.3, 0.4) is 0 Å². The van der Waals surface area contributed by atoms with Crippen LogP contribution in [0.15, 0.2) is 114 Å². The third kappa shape index (κ3) is 3.08. The van der Waals surface area contributed by atoms with Crippen LogP contribution in [-0.4, -0.2) is 19.7 Å². The van der Waals surface area contributed by atoms with Crippen molar-refractivity contribution in [2.75, 3.05) is 0 Å². The standard InChI is InChI=1S/C27H18N4O/c1-3-11-19(12-4-1)25-28-22-16-8-10-18-24(22)31(25)23-17-9-7-15-21(23)27-30-29-26(32-27)20-13-5-2-6-14-20/h1-18H. The van der Waals surface area contributed by atoms with E-state index in [-0.39, 0.29) is 0 Å². The van der Waals surface area contributed by atoms with Crippen molar-refractivity contribution in [3.63, 3.8) is 0 Å². The minimum atomic E-state index is 0.469. The van der Waals surface area contributed by atoms with Crippen molar-refractivity contribution >= 4 is 11.0 Å². The van der Waals surface area contributed by atoms with Crippen molar-refractivity contribution in [3.05, 3.63) is 109 Å². The summed E-state index contributed by atoms with van der Waals surface area (Å²) in [5, 5.41) is 8.65. The van der Waals surface area contributed by atoms with E-state index in [1.165, 1.54) is 0 Å². The molecular formula is C27H18N4O. The maximum Gasteiger partial charge on any atom is 0.250 e. The molecule has 6 rings (SSSR count). The molecule has 0 saturated heterocycles. The Hall–Kier alpha value is -4.51. The molecule has 0 aliphatic carbocycles. The summed E-state index contributed by atoms with van der Waals surface area (Å²) in [5.74, 6) is 1.83. The number of hydrogen-bond acceptors (Lipinski definition) is 4. The van der Waals surface area contributed by atoms with Crippen molar-refractivity contribution in [1.29, 1.82) is 0 Å².